The minimum Gasteiger partial charge on any atom is -0.368 e. The molecular formula is C19H20F3N3S. The number of hydrogen-bond donors (Lipinski definition) is 1. The quantitative estimate of drug-likeness (QED) is 0.773. The summed E-state index contributed by atoms with van der Waals surface area (Å²) in [6.07, 6.45) is -4.32. The molecule has 1 aliphatic heterocycles. The molecule has 1 fully saturated rings. The molecule has 0 aromatic heterocycles. The van der Waals surface area contributed by atoms with Crippen LogP contribution in [0.4, 0.5) is 24.5 Å². The van der Waals surface area contributed by atoms with Crippen molar-refractivity contribution in [3.05, 3.63) is 59.7 Å². The Morgan fingerprint density at radius 2 is 1.65 bits per heavy atom. The van der Waals surface area contributed by atoms with Crippen LogP contribution in [0.1, 0.15) is 11.1 Å². The molecule has 1 N–H and O–H groups in total. The maximum absolute atomic E-state index is 12.9. The molecule has 3 nitrogen and oxygen atoms in total. The molecule has 2 aromatic rings. The van der Waals surface area contributed by atoms with Gasteiger partial charge in [-0.3, -0.25) is 0 Å². The van der Waals surface area contributed by atoms with E-state index < -0.39 is 11.7 Å². The number of aryl methyl sites for hydroxylation is 1. The molecule has 0 spiro atoms. The van der Waals surface area contributed by atoms with Crippen LogP contribution < -0.4 is 10.2 Å². The molecule has 138 valence electrons. The van der Waals surface area contributed by atoms with E-state index >= 15 is 0 Å². The van der Waals surface area contributed by atoms with Crippen LogP contribution in [-0.4, -0.2) is 36.2 Å². The number of thiocarbonyl (C=S) groups is 1. The third-order valence-corrected chi connectivity index (χ3v) is 4.77. The molecule has 0 amide bonds. The Labute approximate surface area is 156 Å². The molecule has 1 aliphatic rings. The van der Waals surface area contributed by atoms with E-state index in [9.17, 15) is 13.2 Å². The van der Waals surface area contributed by atoms with E-state index in [2.05, 4.69) is 5.32 Å². The average molecular weight is 379 g/mol. The summed E-state index contributed by atoms with van der Waals surface area (Å²) in [4.78, 5) is 4.00. The summed E-state index contributed by atoms with van der Waals surface area (Å²) in [5.41, 5.74) is 2.09. The van der Waals surface area contributed by atoms with Crippen molar-refractivity contribution < 1.29 is 13.2 Å². The van der Waals surface area contributed by atoms with Gasteiger partial charge in [-0.25, -0.2) is 0 Å². The molecule has 1 saturated heterocycles. The second kappa shape index (κ2) is 7.53. The van der Waals surface area contributed by atoms with E-state index in [0.717, 1.165) is 11.8 Å². The lowest BCUT2D eigenvalue weighted by atomic mass is 10.1. The Morgan fingerprint density at radius 1 is 1.00 bits per heavy atom. The predicted molar refractivity (Wildman–Crippen MR) is 103 cm³/mol. The lowest BCUT2D eigenvalue weighted by Crippen LogP contribution is -2.50. The molecule has 0 atom stereocenters. The summed E-state index contributed by atoms with van der Waals surface area (Å²) in [6.45, 7) is 4.59. The van der Waals surface area contributed by atoms with Crippen molar-refractivity contribution in [1.29, 1.82) is 0 Å². The second-order valence-corrected chi connectivity index (χ2v) is 6.71. The zero-order chi connectivity index (χ0) is 18.7. The molecule has 0 radical (unpaired) electrons. The summed E-state index contributed by atoms with van der Waals surface area (Å²) in [5, 5.41) is 3.85. The third kappa shape index (κ3) is 4.46. The monoisotopic (exact) mass is 379 g/mol. The van der Waals surface area contributed by atoms with Crippen LogP contribution in [0.3, 0.4) is 0 Å². The number of benzene rings is 2. The van der Waals surface area contributed by atoms with Gasteiger partial charge >= 0.3 is 6.18 Å². The van der Waals surface area contributed by atoms with Gasteiger partial charge in [-0.05, 0) is 49.5 Å². The zero-order valence-corrected chi connectivity index (χ0v) is 15.2. The van der Waals surface area contributed by atoms with Crippen molar-refractivity contribution in [3.63, 3.8) is 0 Å². The molecular weight excluding hydrogens is 359 g/mol. The highest BCUT2D eigenvalue weighted by Crippen LogP contribution is 2.31. The molecule has 0 aliphatic carbocycles. The van der Waals surface area contributed by atoms with Crippen molar-refractivity contribution in [1.82, 2.24) is 4.90 Å². The number of anilines is 2. The minimum absolute atomic E-state index is 0.594. The van der Waals surface area contributed by atoms with Crippen LogP contribution in [0.5, 0.6) is 0 Å². The number of piperazine rings is 1. The van der Waals surface area contributed by atoms with E-state index in [-0.39, 0.29) is 0 Å². The Kier molecular flexibility index (Phi) is 5.36. The van der Waals surface area contributed by atoms with Gasteiger partial charge in [-0.2, -0.15) is 13.2 Å². The summed E-state index contributed by atoms with van der Waals surface area (Å²) in [6, 6.07) is 13.4. The molecule has 1 heterocycles. The van der Waals surface area contributed by atoms with Crippen LogP contribution in [0.2, 0.25) is 0 Å². The fourth-order valence-corrected chi connectivity index (χ4v) is 3.19. The van der Waals surface area contributed by atoms with Crippen molar-refractivity contribution in [3.8, 4) is 0 Å². The lowest BCUT2D eigenvalue weighted by Gasteiger charge is -2.37. The highest BCUT2D eigenvalue weighted by atomic mass is 32.1. The normalized spacial score (nSPS) is 15.1. The lowest BCUT2D eigenvalue weighted by molar-refractivity contribution is -0.137. The van der Waals surface area contributed by atoms with Gasteiger partial charge < -0.3 is 15.1 Å². The van der Waals surface area contributed by atoms with Gasteiger partial charge in [0.15, 0.2) is 5.11 Å². The van der Waals surface area contributed by atoms with Gasteiger partial charge in [0.1, 0.15) is 0 Å². The maximum Gasteiger partial charge on any atom is 0.416 e. The van der Waals surface area contributed by atoms with E-state index in [1.54, 1.807) is 6.07 Å². The minimum atomic E-state index is -4.32. The van der Waals surface area contributed by atoms with Gasteiger partial charge in [0.25, 0.3) is 0 Å². The fraction of sp³-hybridized carbons (Fsp3) is 0.316. The van der Waals surface area contributed by atoms with Crippen molar-refractivity contribution in [2.24, 2.45) is 0 Å². The molecule has 7 heteroatoms. The Morgan fingerprint density at radius 3 is 2.27 bits per heavy atom. The van der Waals surface area contributed by atoms with Crippen LogP contribution in [0.15, 0.2) is 48.5 Å². The van der Waals surface area contributed by atoms with E-state index in [0.29, 0.717) is 37.0 Å². The summed E-state index contributed by atoms with van der Waals surface area (Å²) >= 11 is 5.46. The van der Waals surface area contributed by atoms with Gasteiger partial charge in [-0.1, -0.05) is 23.8 Å². The van der Waals surface area contributed by atoms with Crippen LogP contribution in [0, 0.1) is 6.92 Å². The van der Waals surface area contributed by atoms with Gasteiger partial charge in [0.2, 0.25) is 0 Å². The number of halogens is 3. The first-order valence-electron chi connectivity index (χ1n) is 8.38. The molecule has 0 saturated carbocycles. The first kappa shape index (κ1) is 18.5. The molecule has 0 bridgehead atoms. The SMILES string of the molecule is Cc1ccc(NC(=S)N2CCN(c3cccc(C(F)(F)F)c3)CC2)cc1. The topological polar surface area (TPSA) is 18.5 Å². The van der Waals surface area contributed by atoms with E-state index in [4.69, 9.17) is 12.2 Å². The number of rotatable bonds is 2. The third-order valence-electron chi connectivity index (χ3n) is 4.41. The molecule has 26 heavy (non-hydrogen) atoms. The highest BCUT2D eigenvalue weighted by molar-refractivity contribution is 7.80. The Hall–Kier alpha value is -2.28. The Balaban J connectivity index is 1.59. The smallest absolute Gasteiger partial charge is 0.368 e. The maximum atomic E-state index is 12.9. The summed E-state index contributed by atoms with van der Waals surface area (Å²) in [5.74, 6) is 0. The van der Waals surface area contributed by atoms with Crippen molar-refractivity contribution in [2.75, 3.05) is 36.4 Å². The number of nitrogens with zero attached hydrogens (tertiary/aromatic N) is 2. The second-order valence-electron chi connectivity index (χ2n) is 6.32. The first-order chi connectivity index (χ1) is 12.3. The van der Waals surface area contributed by atoms with Gasteiger partial charge in [0.05, 0.1) is 5.56 Å². The standard InChI is InChI=1S/C19H20F3N3S/c1-14-5-7-16(8-6-14)23-18(26)25-11-9-24(10-12-25)17-4-2-3-15(13-17)19(20,21)22/h2-8,13H,9-12H2,1H3,(H,23,26). The first-order valence-corrected chi connectivity index (χ1v) is 8.78. The van der Waals surface area contributed by atoms with Crippen molar-refractivity contribution in [2.45, 2.75) is 13.1 Å². The van der Waals surface area contributed by atoms with E-state index in [1.165, 1.54) is 17.7 Å². The summed E-state index contributed by atoms with van der Waals surface area (Å²) in [7, 11) is 0. The van der Waals surface area contributed by atoms with Crippen LogP contribution in [-0.2, 0) is 6.18 Å². The van der Waals surface area contributed by atoms with Crippen molar-refractivity contribution >= 4 is 28.7 Å². The van der Waals surface area contributed by atoms with Gasteiger partial charge in [0, 0.05) is 37.6 Å². The van der Waals surface area contributed by atoms with E-state index in [1.807, 2.05) is 41.0 Å². The van der Waals surface area contributed by atoms with Gasteiger partial charge in [-0.15, -0.1) is 0 Å². The number of hydrogen-bond acceptors (Lipinski definition) is 2. The largest absolute Gasteiger partial charge is 0.416 e. The number of nitrogens with one attached hydrogen (secondary N) is 1. The molecule has 3 rings (SSSR count). The highest BCUT2D eigenvalue weighted by Gasteiger charge is 2.31. The fourth-order valence-electron chi connectivity index (χ4n) is 2.89. The molecule has 0 unspecified atom stereocenters. The summed E-state index contributed by atoms with van der Waals surface area (Å²) < 4.78 is 38.6. The Bertz CT molecular complexity index is 766. The van der Waals surface area contributed by atoms with Crippen LogP contribution >= 0.6 is 12.2 Å². The molecule has 2 aromatic carbocycles. The average Bonchev–Trinajstić information content (AvgIpc) is 2.63. The predicted octanol–water partition coefficient (Wildman–Crippen LogP) is 4.53. The zero-order valence-electron chi connectivity index (χ0n) is 14.4. The number of alkyl halides is 3. The van der Waals surface area contributed by atoms with Crippen LogP contribution in [0.25, 0.3) is 0 Å².